The zero-order chi connectivity index (χ0) is 8.43. The normalized spacial score (nSPS) is 9.64. The summed E-state index contributed by atoms with van der Waals surface area (Å²) in [6.45, 7) is 0. The summed E-state index contributed by atoms with van der Waals surface area (Å²) >= 11 is 0. The lowest BCUT2D eigenvalue weighted by Gasteiger charge is -2.08. The number of hydrogen-bond acceptors (Lipinski definition) is 6. The summed E-state index contributed by atoms with van der Waals surface area (Å²) in [4.78, 5) is 11.8. The van der Waals surface area contributed by atoms with E-state index >= 15 is 0 Å². The van der Waals surface area contributed by atoms with Crippen LogP contribution in [0.3, 0.4) is 0 Å². The predicted octanol–water partition coefficient (Wildman–Crippen LogP) is -0.651. The Morgan fingerprint density at radius 3 is 1.82 bits per heavy atom. The van der Waals surface area contributed by atoms with Crippen molar-refractivity contribution in [2.45, 2.75) is 0 Å². The maximum absolute atomic E-state index is 8.79. The zero-order valence-electron chi connectivity index (χ0n) is 6.18. The highest BCUT2D eigenvalue weighted by Gasteiger charge is 2.04. The minimum atomic E-state index is -0.485. The van der Waals surface area contributed by atoms with Crippen LogP contribution in [0.2, 0.25) is 0 Å². The van der Waals surface area contributed by atoms with Gasteiger partial charge in [-0.05, 0) is 0 Å². The largest absolute Gasteiger partial charge is 0.479 e. The molecule has 2 N–H and O–H groups in total. The average Bonchev–Trinajstić information content (AvgIpc) is 1.85. The molecule has 0 unspecified atom stereocenters. The van der Waals surface area contributed by atoms with E-state index in [2.05, 4.69) is 15.0 Å². The molecule has 0 aliphatic carbocycles. The highest BCUT2D eigenvalue weighted by molar-refractivity contribution is 5.28. The topological polar surface area (TPSA) is 82.4 Å². The number of nitrogens with zero attached hydrogens (tertiary/aromatic N) is 4. The number of aromatic hydroxyl groups is 2. The molecule has 0 aliphatic rings. The molecule has 0 bridgehead atoms. The lowest BCUT2D eigenvalue weighted by atomic mass is 10.8. The second-order valence-electron chi connectivity index (χ2n) is 2.13. The Kier molecular flexibility index (Phi) is 1.75. The molecule has 0 fully saturated rings. The third kappa shape index (κ3) is 1.66. The van der Waals surface area contributed by atoms with E-state index < -0.39 is 12.0 Å². The van der Waals surface area contributed by atoms with E-state index in [0.29, 0.717) is 0 Å². The van der Waals surface area contributed by atoms with Crippen LogP contribution in [-0.4, -0.2) is 39.3 Å². The number of hydrogen-bond donors (Lipinski definition) is 2. The molecule has 0 atom stereocenters. The first-order chi connectivity index (χ1) is 5.09. The molecule has 0 saturated heterocycles. The summed E-state index contributed by atoms with van der Waals surface area (Å²) in [6, 6.07) is -0.970. The molecule has 1 aromatic rings. The fourth-order valence-corrected chi connectivity index (χ4v) is 0.543. The van der Waals surface area contributed by atoms with Crippen LogP contribution in [0.25, 0.3) is 0 Å². The van der Waals surface area contributed by atoms with Gasteiger partial charge in [0.1, 0.15) is 0 Å². The fraction of sp³-hybridized carbons (Fsp3) is 0.400. The molecule has 11 heavy (non-hydrogen) atoms. The molecule has 0 spiro atoms. The monoisotopic (exact) mass is 156 g/mol. The molecule has 6 heteroatoms. The highest BCUT2D eigenvalue weighted by atomic mass is 16.3. The van der Waals surface area contributed by atoms with Gasteiger partial charge in [-0.2, -0.15) is 9.97 Å². The van der Waals surface area contributed by atoms with E-state index in [1.165, 1.54) is 0 Å². The first-order valence-corrected chi connectivity index (χ1v) is 2.91. The fourth-order valence-electron chi connectivity index (χ4n) is 0.543. The molecule has 1 aromatic heterocycles. The van der Waals surface area contributed by atoms with Crippen molar-refractivity contribution < 1.29 is 10.2 Å². The van der Waals surface area contributed by atoms with Gasteiger partial charge in [0.05, 0.1) is 0 Å². The Morgan fingerprint density at radius 2 is 1.45 bits per heavy atom. The van der Waals surface area contributed by atoms with Crippen molar-refractivity contribution in [3.05, 3.63) is 0 Å². The van der Waals surface area contributed by atoms with E-state index in [-0.39, 0.29) is 5.95 Å². The van der Waals surface area contributed by atoms with Gasteiger partial charge >= 0.3 is 12.0 Å². The first-order valence-electron chi connectivity index (χ1n) is 2.91. The summed E-state index contributed by atoms with van der Waals surface area (Å²) in [5.41, 5.74) is 0. The van der Waals surface area contributed by atoms with Crippen LogP contribution in [0, 0.1) is 0 Å². The molecule has 1 heterocycles. The van der Waals surface area contributed by atoms with E-state index in [1.807, 2.05) is 0 Å². The minimum Gasteiger partial charge on any atom is -0.479 e. The van der Waals surface area contributed by atoms with Gasteiger partial charge in [0.25, 0.3) is 0 Å². The van der Waals surface area contributed by atoms with Crippen molar-refractivity contribution in [2.75, 3.05) is 19.0 Å². The third-order valence-corrected chi connectivity index (χ3v) is 1.00. The van der Waals surface area contributed by atoms with Crippen molar-refractivity contribution in [1.82, 2.24) is 15.0 Å². The molecular formula is C5H8N4O2. The quantitative estimate of drug-likeness (QED) is 0.562. The van der Waals surface area contributed by atoms with Gasteiger partial charge in [0, 0.05) is 14.1 Å². The first kappa shape index (κ1) is 7.52. The lowest BCUT2D eigenvalue weighted by Crippen LogP contribution is -2.12. The molecule has 6 nitrogen and oxygen atoms in total. The molecule has 0 aromatic carbocycles. The van der Waals surface area contributed by atoms with Crippen LogP contribution in [0.4, 0.5) is 5.95 Å². The predicted molar refractivity (Wildman–Crippen MR) is 37.5 cm³/mol. The number of aromatic nitrogens is 3. The van der Waals surface area contributed by atoms with E-state index in [9.17, 15) is 0 Å². The van der Waals surface area contributed by atoms with Crippen molar-refractivity contribution >= 4 is 5.95 Å². The Balaban J connectivity index is 3.08. The standard InChI is InChI=1S/C5H8N4O2/c1-9(2)3-6-4(10)8-5(11)7-3/h1-2H3,(H2,6,7,8,10,11). The second-order valence-corrected chi connectivity index (χ2v) is 2.13. The molecule has 0 amide bonds. The SMILES string of the molecule is CN(C)c1nc(O)nc(O)n1. The van der Waals surface area contributed by atoms with Crippen LogP contribution >= 0.6 is 0 Å². The summed E-state index contributed by atoms with van der Waals surface area (Å²) in [7, 11) is 3.38. The third-order valence-electron chi connectivity index (χ3n) is 1.00. The molecule has 0 aliphatic heterocycles. The molecule has 60 valence electrons. The van der Waals surface area contributed by atoms with Crippen LogP contribution in [-0.2, 0) is 0 Å². The minimum absolute atomic E-state index is 0.218. The van der Waals surface area contributed by atoms with Crippen molar-refractivity contribution in [1.29, 1.82) is 0 Å². The summed E-state index contributed by atoms with van der Waals surface area (Å²) in [5.74, 6) is 0.218. The van der Waals surface area contributed by atoms with Crippen LogP contribution < -0.4 is 4.90 Å². The zero-order valence-corrected chi connectivity index (χ0v) is 6.18. The highest BCUT2D eigenvalue weighted by Crippen LogP contribution is 2.10. The van der Waals surface area contributed by atoms with E-state index in [0.717, 1.165) is 0 Å². The summed E-state index contributed by atoms with van der Waals surface area (Å²) in [6.07, 6.45) is 0. The maximum Gasteiger partial charge on any atom is 0.321 e. The summed E-state index contributed by atoms with van der Waals surface area (Å²) in [5, 5.41) is 17.6. The van der Waals surface area contributed by atoms with Crippen molar-refractivity contribution in [3.63, 3.8) is 0 Å². The van der Waals surface area contributed by atoms with Crippen LogP contribution in [0.5, 0.6) is 12.0 Å². The van der Waals surface area contributed by atoms with E-state index in [4.69, 9.17) is 10.2 Å². The van der Waals surface area contributed by atoms with Gasteiger partial charge in [0.2, 0.25) is 5.95 Å². The summed E-state index contributed by atoms with van der Waals surface area (Å²) < 4.78 is 0. The van der Waals surface area contributed by atoms with Crippen LogP contribution in [0.1, 0.15) is 0 Å². The smallest absolute Gasteiger partial charge is 0.321 e. The number of rotatable bonds is 1. The lowest BCUT2D eigenvalue weighted by molar-refractivity contribution is 0.383. The second kappa shape index (κ2) is 2.57. The molecule has 1 rings (SSSR count). The average molecular weight is 156 g/mol. The molecular weight excluding hydrogens is 148 g/mol. The van der Waals surface area contributed by atoms with Gasteiger partial charge in [-0.15, -0.1) is 4.98 Å². The van der Waals surface area contributed by atoms with Crippen molar-refractivity contribution in [2.24, 2.45) is 0 Å². The Morgan fingerprint density at radius 1 is 1.00 bits per heavy atom. The Bertz CT molecular complexity index is 242. The number of anilines is 1. The van der Waals surface area contributed by atoms with Crippen molar-refractivity contribution in [3.8, 4) is 12.0 Å². The van der Waals surface area contributed by atoms with Gasteiger partial charge < -0.3 is 15.1 Å². The van der Waals surface area contributed by atoms with Gasteiger partial charge in [-0.3, -0.25) is 0 Å². The molecule has 0 radical (unpaired) electrons. The maximum atomic E-state index is 8.79. The molecule has 0 saturated carbocycles. The van der Waals surface area contributed by atoms with Gasteiger partial charge in [-0.1, -0.05) is 0 Å². The Labute approximate surface area is 63.2 Å². The Hall–Kier alpha value is -1.59. The van der Waals surface area contributed by atoms with Gasteiger partial charge in [0.15, 0.2) is 0 Å². The van der Waals surface area contributed by atoms with Gasteiger partial charge in [-0.25, -0.2) is 0 Å². The van der Waals surface area contributed by atoms with E-state index in [1.54, 1.807) is 19.0 Å². The van der Waals surface area contributed by atoms with Crippen LogP contribution in [0.15, 0.2) is 0 Å².